The molecule has 0 aliphatic carbocycles. The highest BCUT2D eigenvalue weighted by molar-refractivity contribution is 5.94. The summed E-state index contributed by atoms with van der Waals surface area (Å²) in [5.74, 6) is 0.327. The van der Waals surface area contributed by atoms with E-state index in [-0.39, 0.29) is 28.9 Å². The Labute approximate surface area is 197 Å². The molecule has 1 saturated heterocycles. The first-order valence-corrected chi connectivity index (χ1v) is 11.3. The van der Waals surface area contributed by atoms with Crippen molar-refractivity contribution in [3.63, 3.8) is 0 Å². The van der Waals surface area contributed by atoms with Crippen molar-refractivity contribution in [1.29, 1.82) is 0 Å². The molecular formula is C25H29FN6O2. The lowest BCUT2D eigenvalue weighted by Crippen LogP contribution is -2.39. The Hall–Kier alpha value is -4.01. The maximum Gasteiger partial charge on any atom is 0.260 e. The first-order valence-electron chi connectivity index (χ1n) is 11.3. The van der Waals surface area contributed by atoms with Crippen molar-refractivity contribution in [2.45, 2.75) is 33.2 Å². The topological polar surface area (TPSA) is 95.4 Å². The average molecular weight is 465 g/mol. The quantitative estimate of drug-likeness (QED) is 0.483. The third-order valence-corrected chi connectivity index (χ3v) is 5.16. The maximum atomic E-state index is 12.3. The molecule has 0 spiro atoms. The summed E-state index contributed by atoms with van der Waals surface area (Å²) >= 11 is 0. The van der Waals surface area contributed by atoms with Crippen molar-refractivity contribution >= 4 is 17.4 Å². The van der Waals surface area contributed by atoms with E-state index < -0.39 is 0 Å². The number of amides is 1. The first-order chi connectivity index (χ1) is 16.5. The molecule has 1 atom stereocenters. The van der Waals surface area contributed by atoms with Crippen LogP contribution in [-0.2, 0) is 0 Å². The van der Waals surface area contributed by atoms with Gasteiger partial charge in [0.15, 0.2) is 5.65 Å². The summed E-state index contributed by atoms with van der Waals surface area (Å²) in [4.78, 5) is 32.9. The number of carbonyl (C=O) groups excluding carboxylic acids is 1. The summed E-state index contributed by atoms with van der Waals surface area (Å²) in [6.45, 7) is 7.41. The molecule has 0 radical (unpaired) electrons. The van der Waals surface area contributed by atoms with Crippen LogP contribution in [0.15, 0.2) is 71.8 Å². The number of aromatic nitrogens is 4. The Morgan fingerprint density at radius 1 is 1.12 bits per heavy atom. The molecule has 2 N–H and O–H groups in total. The summed E-state index contributed by atoms with van der Waals surface area (Å²) in [5.41, 5.74) is 1.55. The number of pyridine rings is 1. The summed E-state index contributed by atoms with van der Waals surface area (Å²) in [5, 5.41) is 7.55. The molecule has 5 rings (SSSR count). The lowest BCUT2D eigenvalue weighted by Gasteiger charge is -2.18. The van der Waals surface area contributed by atoms with Gasteiger partial charge in [-0.3, -0.25) is 9.59 Å². The number of anilines is 1. The second-order valence-electron chi connectivity index (χ2n) is 7.47. The molecule has 1 aromatic carbocycles. The zero-order valence-electron chi connectivity index (χ0n) is 19.5. The largest absolute Gasteiger partial charge is 0.353 e. The van der Waals surface area contributed by atoms with E-state index in [2.05, 4.69) is 25.3 Å². The highest BCUT2D eigenvalue weighted by Crippen LogP contribution is 2.19. The second-order valence-corrected chi connectivity index (χ2v) is 7.47. The van der Waals surface area contributed by atoms with Gasteiger partial charge in [0.05, 0.1) is 11.9 Å². The number of aryl methyl sites for hydroxylation is 1. The van der Waals surface area contributed by atoms with Gasteiger partial charge in [0.25, 0.3) is 11.5 Å². The van der Waals surface area contributed by atoms with Gasteiger partial charge in [0.1, 0.15) is 17.2 Å². The average Bonchev–Trinajstić information content (AvgIpc) is 3.48. The van der Waals surface area contributed by atoms with Crippen LogP contribution >= 0.6 is 0 Å². The Balaban J connectivity index is 0.000000306. The molecule has 178 valence electrons. The summed E-state index contributed by atoms with van der Waals surface area (Å²) in [6, 6.07) is 15.0. The van der Waals surface area contributed by atoms with E-state index in [0.29, 0.717) is 6.54 Å². The van der Waals surface area contributed by atoms with E-state index in [0.717, 1.165) is 30.1 Å². The summed E-state index contributed by atoms with van der Waals surface area (Å²) in [6.07, 6.45) is 4.10. The zero-order valence-corrected chi connectivity index (χ0v) is 19.5. The number of hydrogen-bond acceptors (Lipinski definition) is 5. The number of halogens is 1. The molecule has 4 heterocycles. The molecule has 3 aromatic heterocycles. The fourth-order valence-electron chi connectivity index (χ4n) is 3.51. The highest BCUT2D eigenvalue weighted by atomic mass is 19.1. The Morgan fingerprint density at radius 2 is 1.88 bits per heavy atom. The van der Waals surface area contributed by atoms with E-state index in [1.54, 1.807) is 30.5 Å². The predicted molar refractivity (Wildman–Crippen MR) is 131 cm³/mol. The minimum absolute atomic E-state index is 0.0199. The molecule has 0 unspecified atom stereocenters. The minimum Gasteiger partial charge on any atom is -0.353 e. The van der Waals surface area contributed by atoms with Crippen LogP contribution < -0.4 is 15.8 Å². The van der Waals surface area contributed by atoms with Crippen LogP contribution in [0.1, 0.15) is 36.3 Å². The van der Waals surface area contributed by atoms with Crippen molar-refractivity contribution < 1.29 is 9.18 Å². The van der Waals surface area contributed by atoms with Gasteiger partial charge in [-0.25, -0.2) is 13.9 Å². The molecule has 1 amide bonds. The van der Waals surface area contributed by atoms with Crippen molar-refractivity contribution in [1.82, 2.24) is 24.9 Å². The van der Waals surface area contributed by atoms with Crippen molar-refractivity contribution in [2.75, 3.05) is 18.0 Å². The highest BCUT2D eigenvalue weighted by Gasteiger charge is 2.26. The van der Waals surface area contributed by atoms with Crippen molar-refractivity contribution in [2.24, 2.45) is 0 Å². The Morgan fingerprint density at radius 3 is 2.56 bits per heavy atom. The van der Waals surface area contributed by atoms with Gasteiger partial charge in [-0.15, -0.1) is 5.10 Å². The number of rotatable bonds is 3. The van der Waals surface area contributed by atoms with Crippen LogP contribution in [0.4, 0.5) is 10.2 Å². The minimum atomic E-state index is -0.377. The number of carbonyl (C=O) groups is 1. The molecule has 34 heavy (non-hydrogen) atoms. The van der Waals surface area contributed by atoms with Crippen molar-refractivity contribution in [3.05, 3.63) is 94.4 Å². The van der Waals surface area contributed by atoms with Gasteiger partial charge in [0, 0.05) is 25.3 Å². The van der Waals surface area contributed by atoms with Gasteiger partial charge >= 0.3 is 0 Å². The monoisotopic (exact) mass is 464 g/mol. The SMILES string of the molecule is CC.Cc1cnc2ccc(N3CC[C@H](NC(=O)c4ccc[nH]c4=O)C3)nn12.Fc1ccccc1. The molecule has 0 saturated carbocycles. The molecule has 8 nitrogen and oxygen atoms in total. The number of aromatic amines is 1. The van der Waals surface area contributed by atoms with Gasteiger partial charge in [0.2, 0.25) is 0 Å². The molecule has 1 fully saturated rings. The van der Waals surface area contributed by atoms with E-state index in [4.69, 9.17) is 0 Å². The first kappa shape index (κ1) is 24.6. The van der Waals surface area contributed by atoms with Gasteiger partial charge in [-0.05, 0) is 49.7 Å². The standard InChI is InChI=1S/C17H18N6O2.C6H5F.C2H6/c1-11-9-19-14-4-5-15(21-23(11)14)22-8-6-12(10-22)20-17(25)13-3-2-7-18-16(13)24;7-6-4-2-1-3-5-6;1-2/h2-5,7,9,12H,6,8,10H2,1H3,(H,18,24)(H,20,25);1-5H;1-2H3/t12-;;/m0../s1. The predicted octanol–water partition coefficient (Wildman–Crippen LogP) is 3.59. The van der Waals surface area contributed by atoms with Gasteiger partial charge in [-0.2, -0.15) is 0 Å². The van der Waals surface area contributed by atoms with Crippen LogP contribution in [0.3, 0.4) is 0 Å². The maximum absolute atomic E-state index is 12.3. The number of imidazole rings is 1. The number of hydrogen-bond donors (Lipinski definition) is 2. The van der Waals surface area contributed by atoms with Gasteiger partial charge in [-0.1, -0.05) is 32.0 Å². The molecular weight excluding hydrogens is 435 g/mol. The number of H-pyrrole nitrogens is 1. The lowest BCUT2D eigenvalue weighted by molar-refractivity contribution is 0.0939. The van der Waals surface area contributed by atoms with E-state index >= 15 is 0 Å². The van der Waals surface area contributed by atoms with Crippen LogP contribution in [0.25, 0.3) is 5.65 Å². The molecule has 1 aliphatic heterocycles. The number of benzene rings is 1. The van der Waals surface area contributed by atoms with Crippen molar-refractivity contribution in [3.8, 4) is 0 Å². The zero-order chi connectivity index (χ0) is 24.5. The van der Waals surface area contributed by atoms with Gasteiger partial charge < -0.3 is 15.2 Å². The number of nitrogens with one attached hydrogen (secondary N) is 2. The number of fused-ring (bicyclic) bond motifs is 1. The molecule has 4 aromatic rings. The molecule has 9 heteroatoms. The Kier molecular flexibility index (Phi) is 8.50. The third-order valence-electron chi connectivity index (χ3n) is 5.16. The summed E-state index contributed by atoms with van der Waals surface area (Å²) in [7, 11) is 0. The number of nitrogens with zero attached hydrogens (tertiary/aromatic N) is 4. The molecule has 0 bridgehead atoms. The normalized spacial score (nSPS) is 14.6. The second kappa shape index (κ2) is 11.7. The van der Waals surface area contributed by atoms with Crippen LogP contribution in [0, 0.1) is 12.7 Å². The van der Waals surface area contributed by atoms with E-state index in [1.165, 1.54) is 24.4 Å². The smallest absolute Gasteiger partial charge is 0.260 e. The van der Waals surface area contributed by atoms with E-state index in [9.17, 15) is 14.0 Å². The van der Waals surface area contributed by atoms with Crippen LogP contribution in [-0.4, -0.2) is 44.6 Å². The summed E-state index contributed by atoms with van der Waals surface area (Å²) < 4.78 is 13.7. The van der Waals surface area contributed by atoms with Crippen LogP contribution in [0.2, 0.25) is 0 Å². The Bertz CT molecular complexity index is 1270. The molecule has 1 aliphatic rings. The third kappa shape index (κ3) is 6.06. The fraction of sp³-hybridized carbons (Fsp3) is 0.280. The van der Waals surface area contributed by atoms with Crippen LogP contribution in [0.5, 0.6) is 0 Å². The lowest BCUT2D eigenvalue weighted by atomic mass is 10.2. The fourth-order valence-corrected chi connectivity index (χ4v) is 3.51. The van der Waals surface area contributed by atoms with E-state index in [1.807, 2.05) is 37.4 Å².